The van der Waals surface area contributed by atoms with Crippen molar-refractivity contribution in [3.05, 3.63) is 58.4 Å². The molecule has 1 aromatic carbocycles. The number of hydrogen-bond donors (Lipinski definition) is 1. The summed E-state index contributed by atoms with van der Waals surface area (Å²) in [6.45, 7) is 16.4. The summed E-state index contributed by atoms with van der Waals surface area (Å²) in [4.78, 5) is 0. The Morgan fingerprint density at radius 2 is 1.88 bits per heavy atom. The van der Waals surface area contributed by atoms with Crippen molar-refractivity contribution in [3.8, 4) is 0 Å². The number of rotatable bonds is 4. The average Bonchev–Trinajstić information content (AvgIpc) is 3.29. The Morgan fingerprint density at radius 3 is 2.38 bits per heavy atom. The Morgan fingerprint density at radius 1 is 1.25 bits per heavy atom. The van der Waals surface area contributed by atoms with Gasteiger partial charge in [0.1, 0.15) is 0 Å². The van der Waals surface area contributed by atoms with Crippen LogP contribution in [-0.2, 0) is 12.8 Å². The lowest BCUT2D eigenvalue weighted by molar-refractivity contribution is 0.337. The number of fused-ring (bicyclic) bond motifs is 1. The molecule has 0 heterocycles. The molecule has 1 aromatic rings. The Labute approximate surface area is 147 Å². The third kappa shape index (κ3) is 4.01. The van der Waals surface area contributed by atoms with Crippen LogP contribution in [0.4, 0.5) is 0 Å². The first-order valence-corrected chi connectivity index (χ1v) is 9.26. The first-order valence-electron chi connectivity index (χ1n) is 9.26. The Kier molecular flexibility index (Phi) is 6.10. The van der Waals surface area contributed by atoms with Gasteiger partial charge in [-0.2, -0.15) is 0 Å². The second-order valence-corrected chi connectivity index (χ2v) is 7.31. The molecule has 1 fully saturated rings. The molecule has 3 rings (SSSR count). The van der Waals surface area contributed by atoms with Crippen molar-refractivity contribution >= 4 is 12.2 Å². The Bertz CT molecular complexity index is 659. The number of aliphatic hydroxyl groups excluding tert-OH is 1. The molecule has 0 saturated heterocycles. The number of benzene rings is 1. The molecule has 1 saturated carbocycles. The predicted molar refractivity (Wildman–Crippen MR) is 106 cm³/mol. The van der Waals surface area contributed by atoms with Crippen LogP contribution in [0, 0.1) is 18.8 Å². The Hall–Kier alpha value is -1.76. The van der Waals surface area contributed by atoms with Crippen molar-refractivity contribution < 1.29 is 5.11 Å². The molecule has 0 amide bonds. The van der Waals surface area contributed by atoms with Gasteiger partial charge in [0, 0.05) is 5.92 Å². The summed E-state index contributed by atoms with van der Waals surface area (Å²) < 4.78 is 0. The molecule has 2 aliphatic carbocycles. The van der Waals surface area contributed by atoms with Gasteiger partial charge in [-0.1, -0.05) is 57.2 Å². The third-order valence-corrected chi connectivity index (χ3v) is 5.09. The largest absolute Gasteiger partial charge is 0.513 e. The summed E-state index contributed by atoms with van der Waals surface area (Å²) in [6.07, 6.45) is 10.0. The van der Waals surface area contributed by atoms with Crippen molar-refractivity contribution in [2.45, 2.75) is 59.8 Å². The van der Waals surface area contributed by atoms with Gasteiger partial charge in [0.15, 0.2) is 0 Å². The lowest BCUT2D eigenvalue weighted by Gasteiger charge is -2.13. The monoisotopic (exact) mass is 324 g/mol. The summed E-state index contributed by atoms with van der Waals surface area (Å²) in [5.74, 6) is 1.29. The van der Waals surface area contributed by atoms with Crippen LogP contribution in [0.15, 0.2) is 30.6 Å². The van der Waals surface area contributed by atoms with Gasteiger partial charge in [0.05, 0.1) is 5.76 Å². The van der Waals surface area contributed by atoms with Gasteiger partial charge in [-0.3, -0.25) is 0 Å². The zero-order valence-electron chi connectivity index (χ0n) is 15.8. The summed E-state index contributed by atoms with van der Waals surface area (Å²) in [7, 11) is 0. The molecule has 1 atom stereocenters. The Balaban J connectivity index is 0.000000647. The quantitative estimate of drug-likeness (QED) is 0.614. The van der Waals surface area contributed by atoms with Crippen molar-refractivity contribution in [2.24, 2.45) is 11.8 Å². The minimum Gasteiger partial charge on any atom is -0.513 e. The zero-order valence-corrected chi connectivity index (χ0v) is 15.8. The molecule has 1 unspecified atom stereocenters. The maximum atomic E-state index is 9.71. The molecule has 130 valence electrons. The van der Waals surface area contributed by atoms with Gasteiger partial charge in [0.25, 0.3) is 0 Å². The molecule has 0 aliphatic heterocycles. The van der Waals surface area contributed by atoms with E-state index in [1.807, 2.05) is 6.08 Å². The van der Waals surface area contributed by atoms with Crippen LogP contribution in [-0.4, -0.2) is 5.11 Å². The molecule has 24 heavy (non-hydrogen) atoms. The topological polar surface area (TPSA) is 20.2 Å². The van der Waals surface area contributed by atoms with E-state index in [4.69, 9.17) is 0 Å². The van der Waals surface area contributed by atoms with E-state index < -0.39 is 0 Å². The summed E-state index contributed by atoms with van der Waals surface area (Å²) in [6, 6.07) is 2.25. The van der Waals surface area contributed by atoms with E-state index >= 15 is 0 Å². The second kappa shape index (κ2) is 7.88. The van der Waals surface area contributed by atoms with Gasteiger partial charge in [-0.25, -0.2) is 0 Å². The van der Waals surface area contributed by atoms with Crippen LogP contribution in [0.2, 0.25) is 0 Å². The van der Waals surface area contributed by atoms with Crippen molar-refractivity contribution in [1.29, 1.82) is 0 Å². The molecule has 1 nitrogen and oxygen atoms in total. The molecule has 0 radical (unpaired) electrons. The number of allylic oxidation sites excluding steroid dienone is 2. The van der Waals surface area contributed by atoms with E-state index in [2.05, 4.69) is 53.0 Å². The first kappa shape index (κ1) is 18.6. The second-order valence-electron chi connectivity index (χ2n) is 7.31. The van der Waals surface area contributed by atoms with Gasteiger partial charge < -0.3 is 5.11 Å². The maximum absolute atomic E-state index is 9.71. The fourth-order valence-electron chi connectivity index (χ4n) is 3.50. The fraction of sp³-hybridized carbons (Fsp3) is 0.478. The molecular formula is C23H32O. The highest BCUT2D eigenvalue weighted by Crippen LogP contribution is 2.40. The van der Waals surface area contributed by atoms with Crippen LogP contribution in [0.1, 0.15) is 67.9 Å². The normalized spacial score (nSPS) is 19.3. The lowest BCUT2D eigenvalue weighted by Crippen LogP contribution is -2.01. The molecule has 0 spiro atoms. The number of aliphatic hydroxyl groups is 1. The summed E-state index contributed by atoms with van der Waals surface area (Å²) in [5.41, 5.74) is 8.13. The van der Waals surface area contributed by atoms with E-state index in [1.165, 1.54) is 52.7 Å². The highest BCUT2D eigenvalue weighted by atomic mass is 16.3. The van der Waals surface area contributed by atoms with Crippen LogP contribution in [0.3, 0.4) is 0 Å². The molecule has 0 aromatic heterocycles. The predicted octanol–water partition coefficient (Wildman–Crippen LogP) is 6.65. The summed E-state index contributed by atoms with van der Waals surface area (Å²) in [5, 5.41) is 9.71. The highest BCUT2D eigenvalue weighted by molar-refractivity contribution is 5.71. The van der Waals surface area contributed by atoms with Gasteiger partial charge in [-0.05, 0) is 73.3 Å². The average molecular weight is 325 g/mol. The van der Waals surface area contributed by atoms with Crippen molar-refractivity contribution in [1.82, 2.24) is 0 Å². The van der Waals surface area contributed by atoms with Gasteiger partial charge in [-0.15, -0.1) is 0 Å². The lowest BCUT2D eigenvalue weighted by atomic mass is 9.92. The van der Waals surface area contributed by atoms with Crippen LogP contribution in [0.5, 0.6) is 0 Å². The molecule has 2 aliphatic rings. The van der Waals surface area contributed by atoms with E-state index in [1.54, 1.807) is 0 Å². The van der Waals surface area contributed by atoms with Gasteiger partial charge in [0.2, 0.25) is 0 Å². The fourth-order valence-corrected chi connectivity index (χ4v) is 3.50. The zero-order chi connectivity index (χ0) is 17.9. The highest BCUT2D eigenvalue weighted by Gasteiger charge is 2.27. The minimum absolute atomic E-state index is 0.181. The van der Waals surface area contributed by atoms with E-state index in [9.17, 15) is 5.11 Å². The van der Waals surface area contributed by atoms with Crippen LogP contribution >= 0.6 is 0 Å². The summed E-state index contributed by atoms with van der Waals surface area (Å²) >= 11 is 0. The molecule has 1 heteroatoms. The number of hydrogen-bond acceptors (Lipinski definition) is 1. The van der Waals surface area contributed by atoms with Crippen LogP contribution < -0.4 is 0 Å². The standard InChI is InChI=1S/C20H24O.C3H8/c1-5-15-9-18-10-17(14(4)21)11-20(18)13(3)19(15)8-12(2)16-6-7-16;1-3-2/h5,8-9,16-17,21H,1,4,6-7,10-11H2,2-3H3;3H2,1-2H3/b12-8+;. The minimum atomic E-state index is 0.181. The molecular weight excluding hydrogens is 292 g/mol. The van der Waals surface area contributed by atoms with Crippen molar-refractivity contribution in [2.75, 3.05) is 0 Å². The van der Waals surface area contributed by atoms with Gasteiger partial charge >= 0.3 is 0 Å². The van der Waals surface area contributed by atoms with E-state index in [0.29, 0.717) is 5.76 Å². The van der Waals surface area contributed by atoms with Crippen LogP contribution in [0.25, 0.3) is 12.2 Å². The van der Waals surface area contributed by atoms with Crippen molar-refractivity contribution in [3.63, 3.8) is 0 Å². The third-order valence-electron chi connectivity index (χ3n) is 5.09. The SMILES string of the molecule is C=Cc1cc2c(c(C)c1/C=C(\C)C1CC1)CC(C(=C)O)C2.CCC. The molecule has 0 bridgehead atoms. The maximum Gasteiger partial charge on any atom is 0.0888 e. The molecule has 1 N–H and O–H groups in total. The van der Waals surface area contributed by atoms with E-state index in [0.717, 1.165) is 18.8 Å². The smallest absolute Gasteiger partial charge is 0.0888 e. The van der Waals surface area contributed by atoms with E-state index in [-0.39, 0.29) is 5.92 Å². The first-order chi connectivity index (χ1) is 11.4.